The smallest absolute Gasteiger partial charge is 0.332 e. The molecule has 0 aromatic carbocycles. The first-order chi connectivity index (χ1) is 12.9. The Kier molecular flexibility index (Phi) is 4.16. The summed E-state index contributed by atoms with van der Waals surface area (Å²) >= 11 is 0. The first-order valence-electron chi connectivity index (χ1n) is 8.70. The highest BCUT2D eigenvalue weighted by atomic mass is 16.5. The van der Waals surface area contributed by atoms with Crippen molar-refractivity contribution in [3.05, 3.63) is 38.3 Å². The van der Waals surface area contributed by atoms with E-state index in [9.17, 15) is 9.59 Å². The topological polar surface area (TPSA) is 111 Å². The van der Waals surface area contributed by atoms with Crippen LogP contribution < -0.4 is 16.6 Å². The third kappa shape index (κ3) is 2.77. The highest BCUT2D eigenvalue weighted by Gasteiger charge is 2.26. The van der Waals surface area contributed by atoms with Gasteiger partial charge >= 0.3 is 5.69 Å². The molecule has 10 heteroatoms. The molecular formula is C17H21N7O3. The van der Waals surface area contributed by atoms with E-state index in [1.54, 1.807) is 20.0 Å². The molecule has 3 aromatic heterocycles. The van der Waals surface area contributed by atoms with Gasteiger partial charge in [0.15, 0.2) is 5.82 Å². The van der Waals surface area contributed by atoms with E-state index < -0.39 is 5.69 Å². The molecule has 4 heterocycles. The van der Waals surface area contributed by atoms with Crippen molar-refractivity contribution in [1.29, 1.82) is 0 Å². The van der Waals surface area contributed by atoms with Crippen LogP contribution in [0.4, 0.5) is 0 Å². The van der Waals surface area contributed by atoms with Crippen molar-refractivity contribution in [1.82, 2.24) is 34.5 Å². The summed E-state index contributed by atoms with van der Waals surface area (Å²) < 4.78 is 7.86. The fourth-order valence-electron chi connectivity index (χ4n) is 3.41. The molecule has 1 aliphatic heterocycles. The number of nitrogens with one attached hydrogen (secondary N) is 1. The molecule has 3 aromatic rings. The van der Waals surface area contributed by atoms with Gasteiger partial charge in [0, 0.05) is 33.7 Å². The van der Waals surface area contributed by atoms with Crippen LogP contribution in [0, 0.1) is 6.92 Å². The van der Waals surface area contributed by atoms with Crippen LogP contribution in [0.5, 0.6) is 0 Å². The number of nitrogens with zero attached hydrogens (tertiary/aromatic N) is 6. The lowest BCUT2D eigenvalue weighted by Crippen LogP contribution is -2.44. The average Bonchev–Trinajstić information content (AvgIpc) is 3.14. The molecule has 10 nitrogen and oxygen atoms in total. The van der Waals surface area contributed by atoms with Crippen molar-refractivity contribution >= 4 is 11.0 Å². The van der Waals surface area contributed by atoms with Crippen LogP contribution in [0.25, 0.3) is 22.6 Å². The molecule has 0 aliphatic carbocycles. The summed E-state index contributed by atoms with van der Waals surface area (Å²) in [6, 6.07) is 1.75. The van der Waals surface area contributed by atoms with E-state index in [2.05, 4.69) is 25.3 Å². The maximum Gasteiger partial charge on any atom is 0.332 e. The molecule has 4 rings (SSSR count). The van der Waals surface area contributed by atoms with E-state index in [1.165, 1.54) is 11.6 Å². The van der Waals surface area contributed by atoms with Gasteiger partial charge in [0.1, 0.15) is 11.3 Å². The molecule has 0 amide bonds. The van der Waals surface area contributed by atoms with E-state index in [-0.39, 0.29) is 17.5 Å². The lowest BCUT2D eigenvalue weighted by Gasteiger charge is -2.30. The van der Waals surface area contributed by atoms with Crippen LogP contribution >= 0.6 is 0 Å². The van der Waals surface area contributed by atoms with E-state index in [0.29, 0.717) is 28.1 Å². The predicted octanol–water partition coefficient (Wildman–Crippen LogP) is -0.433. The molecule has 1 aliphatic rings. The van der Waals surface area contributed by atoms with Gasteiger partial charge in [0.25, 0.3) is 11.4 Å². The maximum absolute atomic E-state index is 12.5. The molecule has 1 saturated heterocycles. The molecule has 0 radical (unpaired) electrons. The van der Waals surface area contributed by atoms with Crippen molar-refractivity contribution in [2.75, 3.05) is 26.7 Å². The summed E-state index contributed by atoms with van der Waals surface area (Å²) in [5, 5.41) is 7.83. The molecule has 0 saturated carbocycles. The molecule has 1 atom stereocenters. The van der Waals surface area contributed by atoms with Crippen LogP contribution in [-0.2, 0) is 14.1 Å². The first kappa shape index (κ1) is 17.6. The van der Waals surface area contributed by atoms with Crippen molar-refractivity contribution in [2.45, 2.75) is 13.0 Å². The first-order valence-corrected chi connectivity index (χ1v) is 8.70. The molecule has 142 valence electrons. The quantitative estimate of drug-likeness (QED) is 0.646. The second kappa shape index (κ2) is 6.39. The minimum Gasteiger partial charge on any atom is -0.332 e. The van der Waals surface area contributed by atoms with E-state index in [4.69, 9.17) is 4.52 Å². The summed E-state index contributed by atoms with van der Waals surface area (Å²) in [6.45, 7) is 4.36. The monoisotopic (exact) mass is 371 g/mol. The normalized spacial score (nSPS) is 18.3. The van der Waals surface area contributed by atoms with Gasteiger partial charge in [-0.1, -0.05) is 5.16 Å². The highest BCUT2D eigenvalue weighted by Crippen LogP contribution is 2.24. The van der Waals surface area contributed by atoms with Crippen molar-refractivity contribution < 1.29 is 4.52 Å². The zero-order chi connectivity index (χ0) is 19.3. The molecule has 1 N–H and O–H groups in total. The second-order valence-corrected chi connectivity index (χ2v) is 6.89. The van der Waals surface area contributed by atoms with Gasteiger partial charge in [-0.2, -0.15) is 4.98 Å². The second-order valence-electron chi connectivity index (χ2n) is 6.89. The van der Waals surface area contributed by atoms with E-state index in [1.807, 2.05) is 7.05 Å². The fraction of sp³-hybridized carbons (Fsp3) is 0.471. The van der Waals surface area contributed by atoms with Crippen LogP contribution in [0.15, 0.2) is 20.2 Å². The lowest BCUT2D eigenvalue weighted by molar-refractivity contribution is 0.190. The van der Waals surface area contributed by atoms with Crippen molar-refractivity contribution in [3.63, 3.8) is 0 Å². The number of likely N-dealkylation sites (N-methyl/N-ethyl adjacent to an activating group) is 1. The minimum absolute atomic E-state index is 0.0226. The third-order valence-electron chi connectivity index (χ3n) is 5.08. The summed E-state index contributed by atoms with van der Waals surface area (Å²) in [5.41, 5.74) is 0.633. The zero-order valence-corrected chi connectivity index (χ0v) is 15.7. The van der Waals surface area contributed by atoms with Crippen molar-refractivity contribution in [3.8, 4) is 11.6 Å². The van der Waals surface area contributed by atoms with Gasteiger partial charge in [0.05, 0.1) is 11.4 Å². The van der Waals surface area contributed by atoms with Gasteiger partial charge in [-0.05, 0) is 25.6 Å². The van der Waals surface area contributed by atoms with Crippen LogP contribution in [0.2, 0.25) is 0 Å². The standard InChI is InChI=1S/C17H21N7O3/c1-9-7-10(19-14-12(9)16(25)24(4)17(26)23(14)3)15-20-13(21-27-15)11-8-18-5-6-22(11)2/h7,11,18H,5-6,8H2,1-4H3. The third-order valence-corrected chi connectivity index (χ3v) is 5.08. The molecule has 27 heavy (non-hydrogen) atoms. The molecule has 1 unspecified atom stereocenters. The summed E-state index contributed by atoms with van der Waals surface area (Å²) in [7, 11) is 5.06. The Morgan fingerprint density at radius 3 is 2.70 bits per heavy atom. The molecule has 1 fully saturated rings. The van der Waals surface area contributed by atoms with Crippen molar-refractivity contribution in [2.24, 2.45) is 14.1 Å². The van der Waals surface area contributed by atoms with Gasteiger partial charge in [-0.3, -0.25) is 18.8 Å². The van der Waals surface area contributed by atoms with E-state index in [0.717, 1.165) is 24.2 Å². The molecule has 0 spiro atoms. The number of aryl methyl sites for hydroxylation is 2. The van der Waals surface area contributed by atoms with Gasteiger partial charge in [-0.25, -0.2) is 9.78 Å². The summed E-state index contributed by atoms with van der Waals surface area (Å²) in [6.07, 6.45) is 0. The van der Waals surface area contributed by atoms with Gasteiger partial charge in [0.2, 0.25) is 0 Å². The van der Waals surface area contributed by atoms with Crippen LogP contribution in [0.3, 0.4) is 0 Å². The zero-order valence-electron chi connectivity index (χ0n) is 15.7. The number of piperazine rings is 1. The molecule has 0 bridgehead atoms. The number of hydrogen-bond donors (Lipinski definition) is 1. The van der Waals surface area contributed by atoms with Gasteiger partial charge < -0.3 is 9.84 Å². The van der Waals surface area contributed by atoms with Gasteiger partial charge in [-0.15, -0.1) is 0 Å². The Labute approximate surface area is 154 Å². The average molecular weight is 371 g/mol. The largest absolute Gasteiger partial charge is 0.332 e. The SMILES string of the molecule is Cc1cc(-c2nc(C3CNCCN3C)no2)nc2c1c(=O)n(C)c(=O)n2C. The summed E-state index contributed by atoms with van der Waals surface area (Å²) in [4.78, 5) is 35.8. The van der Waals surface area contributed by atoms with Crippen LogP contribution in [-0.4, -0.2) is 55.8 Å². The minimum atomic E-state index is -0.433. The number of aromatic nitrogens is 5. The lowest BCUT2D eigenvalue weighted by atomic mass is 10.1. The Balaban J connectivity index is 1.84. The Hall–Kier alpha value is -2.85. The number of pyridine rings is 1. The fourth-order valence-corrected chi connectivity index (χ4v) is 3.41. The Bertz CT molecular complexity index is 1140. The highest BCUT2D eigenvalue weighted by molar-refractivity contribution is 5.80. The number of fused-ring (bicyclic) bond motifs is 1. The molecular weight excluding hydrogens is 350 g/mol. The maximum atomic E-state index is 12.5. The van der Waals surface area contributed by atoms with E-state index >= 15 is 0 Å². The Morgan fingerprint density at radius 1 is 1.19 bits per heavy atom. The predicted molar refractivity (Wildman–Crippen MR) is 98.5 cm³/mol. The summed E-state index contributed by atoms with van der Waals surface area (Å²) in [5.74, 6) is 0.846. The Morgan fingerprint density at radius 2 is 1.96 bits per heavy atom. The van der Waals surface area contributed by atoms with Crippen LogP contribution in [0.1, 0.15) is 17.4 Å². The number of hydrogen-bond acceptors (Lipinski definition) is 8. The number of rotatable bonds is 2.